The number of primary amides is 1. The van der Waals surface area contributed by atoms with E-state index in [9.17, 15) is 9.59 Å². The molecule has 0 spiro atoms. The van der Waals surface area contributed by atoms with Gasteiger partial charge >= 0.3 is 0 Å². The lowest BCUT2D eigenvalue weighted by Gasteiger charge is -2.08. The number of amides is 2. The van der Waals surface area contributed by atoms with Crippen LogP contribution in [0.5, 0.6) is 0 Å². The molecule has 6 nitrogen and oxygen atoms in total. The highest BCUT2D eigenvalue weighted by Crippen LogP contribution is 2.15. The second kappa shape index (κ2) is 6.21. The molecule has 0 atom stereocenters. The first kappa shape index (κ1) is 14.8. The van der Waals surface area contributed by atoms with Crippen molar-refractivity contribution in [1.82, 2.24) is 9.55 Å². The summed E-state index contributed by atoms with van der Waals surface area (Å²) in [6.07, 6.45) is 1.81. The van der Waals surface area contributed by atoms with E-state index in [0.717, 1.165) is 11.1 Å². The van der Waals surface area contributed by atoms with Crippen molar-refractivity contribution in [2.24, 2.45) is 5.73 Å². The lowest BCUT2D eigenvalue weighted by atomic mass is 10.1. The molecule has 0 aliphatic rings. The molecular formula is C15H18N4O2. The smallest absolute Gasteiger partial charge is 0.269 e. The summed E-state index contributed by atoms with van der Waals surface area (Å²) in [7, 11) is 0. The highest BCUT2D eigenvalue weighted by molar-refractivity contribution is 6.00. The van der Waals surface area contributed by atoms with Gasteiger partial charge in [0.1, 0.15) is 0 Å². The van der Waals surface area contributed by atoms with Crippen LogP contribution in [-0.2, 0) is 11.3 Å². The Morgan fingerprint density at radius 3 is 2.52 bits per heavy atom. The number of benzene rings is 1. The number of anilines is 1. The fraction of sp³-hybridized carbons (Fsp3) is 0.267. The Labute approximate surface area is 123 Å². The van der Waals surface area contributed by atoms with E-state index in [-0.39, 0.29) is 17.4 Å². The van der Waals surface area contributed by atoms with Crippen molar-refractivity contribution in [3.63, 3.8) is 0 Å². The van der Waals surface area contributed by atoms with Crippen LogP contribution in [0.2, 0.25) is 0 Å². The summed E-state index contributed by atoms with van der Waals surface area (Å²) >= 11 is 0. The molecule has 1 heterocycles. The Bertz CT molecular complexity index is 659. The number of imidazole rings is 1. The van der Waals surface area contributed by atoms with E-state index >= 15 is 0 Å². The molecule has 1 aromatic heterocycles. The van der Waals surface area contributed by atoms with E-state index < -0.39 is 5.91 Å². The zero-order valence-electron chi connectivity index (χ0n) is 12.1. The molecule has 0 unspecified atom stereocenters. The first-order valence-corrected chi connectivity index (χ1v) is 6.71. The second-order valence-corrected chi connectivity index (χ2v) is 4.82. The van der Waals surface area contributed by atoms with E-state index in [2.05, 4.69) is 10.3 Å². The van der Waals surface area contributed by atoms with Gasteiger partial charge in [-0.3, -0.25) is 9.59 Å². The van der Waals surface area contributed by atoms with Crippen molar-refractivity contribution in [3.8, 4) is 0 Å². The molecule has 6 heteroatoms. The number of aromatic nitrogens is 2. The molecule has 0 bridgehead atoms. The third-order valence-corrected chi connectivity index (χ3v) is 3.12. The zero-order chi connectivity index (χ0) is 15.4. The minimum Gasteiger partial charge on any atom is -0.364 e. The predicted octanol–water partition coefficient (Wildman–Crippen LogP) is 1.69. The number of nitrogens with zero attached hydrogens (tertiary/aromatic N) is 2. The van der Waals surface area contributed by atoms with Gasteiger partial charge in [0.15, 0.2) is 11.5 Å². The van der Waals surface area contributed by atoms with Crippen molar-refractivity contribution >= 4 is 17.6 Å². The lowest BCUT2D eigenvalue weighted by Crippen LogP contribution is -2.21. The van der Waals surface area contributed by atoms with Crippen LogP contribution in [0.1, 0.15) is 35.0 Å². The largest absolute Gasteiger partial charge is 0.364 e. The first-order chi connectivity index (χ1) is 10.0. The molecule has 2 aromatic rings. The maximum absolute atomic E-state index is 11.6. The molecule has 0 aliphatic carbocycles. The number of rotatable bonds is 5. The number of carbonyl (C=O) groups excluding carboxylic acids is 2. The van der Waals surface area contributed by atoms with Crippen molar-refractivity contribution in [2.45, 2.75) is 26.8 Å². The van der Waals surface area contributed by atoms with Crippen LogP contribution >= 0.6 is 0 Å². The van der Waals surface area contributed by atoms with Crippen molar-refractivity contribution in [3.05, 3.63) is 47.4 Å². The van der Waals surface area contributed by atoms with E-state index in [0.29, 0.717) is 13.0 Å². The van der Waals surface area contributed by atoms with Gasteiger partial charge in [0, 0.05) is 13.0 Å². The third-order valence-electron chi connectivity index (χ3n) is 3.12. The summed E-state index contributed by atoms with van der Waals surface area (Å²) in [4.78, 5) is 27.1. The van der Waals surface area contributed by atoms with E-state index in [1.807, 2.05) is 31.2 Å². The van der Waals surface area contributed by atoms with Crippen LogP contribution in [0.4, 0.5) is 5.82 Å². The third kappa shape index (κ3) is 3.47. The van der Waals surface area contributed by atoms with Gasteiger partial charge in [-0.15, -0.1) is 0 Å². The Morgan fingerprint density at radius 1 is 1.29 bits per heavy atom. The van der Waals surface area contributed by atoms with Gasteiger partial charge in [-0.05, 0) is 12.5 Å². The number of nitrogens with one attached hydrogen (secondary N) is 1. The monoisotopic (exact) mass is 286 g/mol. The maximum atomic E-state index is 11.6. The number of nitrogens with two attached hydrogens (primary N) is 1. The van der Waals surface area contributed by atoms with E-state index in [4.69, 9.17) is 5.73 Å². The Balaban J connectivity index is 2.29. The SMILES string of the molecule is CCC(=O)Nc1ncn(Cc2ccc(C)cc2)c1C(N)=O. The molecule has 0 aliphatic heterocycles. The van der Waals surface area contributed by atoms with Crippen LogP contribution in [0.25, 0.3) is 0 Å². The number of hydrogen-bond donors (Lipinski definition) is 2. The highest BCUT2D eigenvalue weighted by atomic mass is 16.2. The van der Waals surface area contributed by atoms with Crippen LogP contribution in [0, 0.1) is 6.92 Å². The minimum atomic E-state index is -0.619. The average Bonchev–Trinajstić information content (AvgIpc) is 2.84. The molecule has 0 fully saturated rings. The summed E-state index contributed by atoms with van der Waals surface area (Å²) < 4.78 is 1.64. The summed E-state index contributed by atoms with van der Waals surface area (Å²) in [5.41, 5.74) is 7.79. The van der Waals surface area contributed by atoms with Gasteiger partial charge in [0.05, 0.1) is 6.33 Å². The van der Waals surface area contributed by atoms with Crippen LogP contribution < -0.4 is 11.1 Å². The van der Waals surface area contributed by atoms with Crippen molar-refractivity contribution in [2.75, 3.05) is 5.32 Å². The minimum absolute atomic E-state index is 0.206. The molecule has 0 radical (unpaired) electrons. The number of carbonyl (C=O) groups is 2. The maximum Gasteiger partial charge on any atom is 0.269 e. The Kier molecular flexibility index (Phi) is 4.37. The second-order valence-electron chi connectivity index (χ2n) is 4.82. The molecule has 2 amide bonds. The first-order valence-electron chi connectivity index (χ1n) is 6.71. The van der Waals surface area contributed by atoms with E-state index in [1.54, 1.807) is 11.5 Å². The molecule has 0 saturated heterocycles. The highest BCUT2D eigenvalue weighted by Gasteiger charge is 2.17. The molecule has 0 saturated carbocycles. The zero-order valence-corrected chi connectivity index (χ0v) is 12.1. The Hall–Kier alpha value is -2.63. The molecule has 3 N–H and O–H groups in total. The quantitative estimate of drug-likeness (QED) is 0.876. The van der Waals surface area contributed by atoms with Gasteiger partial charge in [-0.1, -0.05) is 36.8 Å². The fourth-order valence-electron chi connectivity index (χ4n) is 1.96. The summed E-state index contributed by atoms with van der Waals surface area (Å²) in [6, 6.07) is 7.95. The van der Waals surface area contributed by atoms with Gasteiger partial charge in [-0.25, -0.2) is 4.98 Å². The van der Waals surface area contributed by atoms with Gasteiger partial charge in [0.2, 0.25) is 5.91 Å². The van der Waals surface area contributed by atoms with Crippen LogP contribution in [0.3, 0.4) is 0 Å². The number of hydrogen-bond acceptors (Lipinski definition) is 3. The molecule has 1 aromatic carbocycles. The van der Waals surface area contributed by atoms with Gasteiger partial charge < -0.3 is 15.6 Å². The van der Waals surface area contributed by atoms with Crippen LogP contribution in [0.15, 0.2) is 30.6 Å². The summed E-state index contributed by atoms with van der Waals surface area (Å²) in [5, 5.41) is 2.59. The van der Waals surface area contributed by atoms with Gasteiger partial charge in [0.25, 0.3) is 5.91 Å². The normalized spacial score (nSPS) is 10.4. The van der Waals surface area contributed by atoms with E-state index in [1.165, 1.54) is 6.33 Å². The lowest BCUT2D eigenvalue weighted by molar-refractivity contribution is -0.115. The fourth-order valence-corrected chi connectivity index (χ4v) is 1.96. The molecule has 110 valence electrons. The van der Waals surface area contributed by atoms with Gasteiger partial charge in [-0.2, -0.15) is 0 Å². The number of aryl methyl sites for hydroxylation is 1. The molecule has 21 heavy (non-hydrogen) atoms. The topological polar surface area (TPSA) is 90.0 Å². The molecular weight excluding hydrogens is 268 g/mol. The molecule has 2 rings (SSSR count). The average molecular weight is 286 g/mol. The summed E-state index contributed by atoms with van der Waals surface area (Å²) in [5.74, 6) is -0.620. The predicted molar refractivity (Wildman–Crippen MR) is 79.9 cm³/mol. The Morgan fingerprint density at radius 2 is 1.95 bits per heavy atom. The van der Waals surface area contributed by atoms with Crippen LogP contribution in [-0.4, -0.2) is 21.4 Å². The van der Waals surface area contributed by atoms with Crippen molar-refractivity contribution < 1.29 is 9.59 Å². The summed E-state index contributed by atoms with van der Waals surface area (Å²) in [6.45, 7) is 4.20. The standard InChI is InChI=1S/C15H18N4O2/c1-3-12(20)18-15-13(14(16)21)19(9-17-15)8-11-6-4-10(2)5-7-11/h4-7,9H,3,8H2,1-2H3,(H2,16,21)(H,18,20). The van der Waals surface area contributed by atoms with Crippen molar-refractivity contribution in [1.29, 1.82) is 0 Å².